The highest BCUT2D eigenvalue weighted by Gasteiger charge is 2.23. The van der Waals surface area contributed by atoms with Gasteiger partial charge in [-0.25, -0.2) is 9.97 Å². The van der Waals surface area contributed by atoms with Gasteiger partial charge in [-0.15, -0.1) is 0 Å². The molecule has 0 bridgehead atoms. The lowest BCUT2D eigenvalue weighted by molar-refractivity contribution is 0.668. The van der Waals surface area contributed by atoms with E-state index in [1.54, 1.807) is 0 Å². The minimum absolute atomic E-state index is 0.655. The molecule has 0 saturated carbocycles. The van der Waals surface area contributed by atoms with Gasteiger partial charge in [-0.2, -0.15) is 0 Å². The molecule has 7 nitrogen and oxygen atoms in total. The molecule has 286 valence electrons. The molecule has 5 heterocycles. The van der Waals surface area contributed by atoms with Crippen LogP contribution in [0.4, 0.5) is 34.3 Å². The number of aromatic nitrogens is 2. The number of fused-ring (bicyclic) bond motifs is 11. The van der Waals surface area contributed by atoms with E-state index >= 15 is 0 Å². The smallest absolute Gasteiger partial charge is 0.156 e. The van der Waals surface area contributed by atoms with E-state index in [-0.39, 0.29) is 0 Å². The predicted molar refractivity (Wildman–Crippen MR) is 248 cm³/mol. The van der Waals surface area contributed by atoms with Crippen LogP contribution in [0.15, 0.2) is 208 Å². The summed E-state index contributed by atoms with van der Waals surface area (Å²) < 4.78 is 19.6. The van der Waals surface area contributed by atoms with Crippen LogP contribution < -0.4 is 9.80 Å². The number of anilines is 6. The second kappa shape index (κ2) is 13.0. The van der Waals surface area contributed by atoms with E-state index in [9.17, 15) is 0 Å². The average molecular weight is 785 g/mol. The molecule has 13 rings (SSSR count). The Hall–Kier alpha value is -8.42. The second-order valence-electron chi connectivity index (χ2n) is 15.4. The van der Waals surface area contributed by atoms with Crippen LogP contribution in [-0.2, 0) is 0 Å². The third-order valence-electron chi connectivity index (χ3n) is 11.9. The highest BCUT2D eigenvalue weighted by atomic mass is 16.3. The van der Waals surface area contributed by atoms with Crippen molar-refractivity contribution < 1.29 is 13.3 Å². The van der Waals surface area contributed by atoms with Crippen molar-refractivity contribution in [2.24, 2.45) is 0 Å². The second-order valence-corrected chi connectivity index (χ2v) is 15.4. The SMILES string of the molecule is c1ccc2c(N(c3ccc4c(c3)oc3ccccc34)c3cnc4c(c3)oc3cc(N(c5ccc6c(c5)oc5ccccc56)c5cccc6ccccc56)ncc34)cccc2c1. The number of hydrogen-bond acceptors (Lipinski definition) is 7. The monoisotopic (exact) mass is 784 g/mol. The normalized spacial score (nSPS) is 11.9. The molecule has 61 heavy (non-hydrogen) atoms. The highest BCUT2D eigenvalue weighted by molar-refractivity contribution is 6.10. The van der Waals surface area contributed by atoms with Gasteiger partial charge in [-0.1, -0.05) is 109 Å². The largest absolute Gasteiger partial charge is 0.456 e. The first-order chi connectivity index (χ1) is 30.2. The van der Waals surface area contributed by atoms with Crippen LogP contribution in [0.1, 0.15) is 0 Å². The Morgan fingerprint density at radius 2 is 0.787 bits per heavy atom. The summed E-state index contributed by atoms with van der Waals surface area (Å²) in [5.41, 5.74) is 10.1. The van der Waals surface area contributed by atoms with Crippen LogP contribution in [0.3, 0.4) is 0 Å². The van der Waals surface area contributed by atoms with Gasteiger partial charge in [0.2, 0.25) is 0 Å². The zero-order valence-corrected chi connectivity index (χ0v) is 32.5. The molecule has 0 aliphatic heterocycles. The molecule has 0 N–H and O–H groups in total. The molecule has 0 amide bonds. The maximum Gasteiger partial charge on any atom is 0.156 e. The zero-order chi connectivity index (χ0) is 40.0. The molecule has 0 saturated heterocycles. The van der Waals surface area contributed by atoms with Crippen molar-refractivity contribution in [2.75, 3.05) is 9.80 Å². The lowest BCUT2D eigenvalue weighted by Crippen LogP contribution is -2.12. The van der Waals surface area contributed by atoms with Gasteiger partial charge in [0.25, 0.3) is 0 Å². The Kier molecular flexibility index (Phi) is 7.17. The molecular formula is C54H32N4O3. The summed E-state index contributed by atoms with van der Waals surface area (Å²) in [5.74, 6) is 0.704. The summed E-state index contributed by atoms with van der Waals surface area (Å²) in [4.78, 5) is 14.6. The van der Waals surface area contributed by atoms with Crippen molar-refractivity contribution in [2.45, 2.75) is 0 Å². The maximum absolute atomic E-state index is 6.78. The number of furan rings is 3. The molecule has 0 fully saturated rings. The van der Waals surface area contributed by atoms with E-state index in [2.05, 4.69) is 149 Å². The van der Waals surface area contributed by atoms with Crippen molar-refractivity contribution in [3.63, 3.8) is 0 Å². The van der Waals surface area contributed by atoms with Crippen molar-refractivity contribution in [1.29, 1.82) is 0 Å². The molecule has 8 aromatic carbocycles. The minimum Gasteiger partial charge on any atom is -0.456 e. The first-order valence-electron chi connectivity index (χ1n) is 20.3. The maximum atomic E-state index is 6.78. The summed E-state index contributed by atoms with van der Waals surface area (Å²) in [7, 11) is 0. The first-order valence-corrected chi connectivity index (χ1v) is 20.3. The van der Waals surface area contributed by atoms with Crippen LogP contribution in [0.5, 0.6) is 0 Å². The third-order valence-corrected chi connectivity index (χ3v) is 11.9. The van der Waals surface area contributed by atoms with Crippen molar-refractivity contribution in [1.82, 2.24) is 9.97 Å². The standard InChI is InChI=1S/C54H32N4O3/c1-3-15-38-33(11-1)13-9-19-45(38)57(35-23-25-42-40-17-5-7-21-47(40)59-49(42)27-35)37-29-52-54(56-31-37)44-32-55-53(30-51(44)61-52)58(46-20-10-14-34-12-2-4-16-39(34)46)36-24-26-43-41-18-6-8-22-48(41)60-50(43)28-36/h1-32H. The predicted octanol–water partition coefficient (Wildman–Crippen LogP) is 15.4. The van der Waals surface area contributed by atoms with E-state index in [0.717, 1.165) is 105 Å². The van der Waals surface area contributed by atoms with E-state index in [1.165, 1.54) is 0 Å². The third kappa shape index (κ3) is 5.24. The van der Waals surface area contributed by atoms with Crippen LogP contribution in [0, 0.1) is 0 Å². The lowest BCUT2D eigenvalue weighted by atomic mass is 10.1. The molecule has 0 spiro atoms. The topological polar surface area (TPSA) is 71.7 Å². The van der Waals surface area contributed by atoms with Gasteiger partial charge >= 0.3 is 0 Å². The van der Waals surface area contributed by atoms with Gasteiger partial charge in [0.15, 0.2) is 5.58 Å². The number of pyridine rings is 2. The molecule has 5 aromatic heterocycles. The van der Waals surface area contributed by atoms with E-state index in [0.29, 0.717) is 17.0 Å². The fourth-order valence-electron chi connectivity index (χ4n) is 9.10. The Bertz CT molecular complexity index is 3620. The quantitative estimate of drug-likeness (QED) is 0.166. The van der Waals surface area contributed by atoms with Crippen LogP contribution in [0.2, 0.25) is 0 Å². The van der Waals surface area contributed by atoms with Crippen LogP contribution in [-0.4, -0.2) is 9.97 Å². The van der Waals surface area contributed by atoms with Crippen molar-refractivity contribution in [3.8, 4) is 0 Å². The summed E-state index contributed by atoms with van der Waals surface area (Å²) in [5, 5.41) is 9.63. The molecule has 7 heteroatoms. The van der Waals surface area contributed by atoms with Gasteiger partial charge in [-0.05, 0) is 59.3 Å². The molecule has 0 unspecified atom stereocenters. The fourth-order valence-corrected chi connectivity index (χ4v) is 9.10. The molecular weight excluding hydrogens is 753 g/mol. The van der Waals surface area contributed by atoms with E-state index in [4.69, 9.17) is 23.2 Å². The molecule has 0 atom stereocenters. The number of nitrogens with zero attached hydrogens (tertiary/aromatic N) is 4. The van der Waals surface area contributed by atoms with Gasteiger partial charge < -0.3 is 18.2 Å². The van der Waals surface area contributed by atoms with Crippen LogP contribution >= 0.6 is 0 Å². The first kappa shape index (κ1) is 33.5. The summed E-state index contributed by atoms with van der Waals surface area (Å²) >= 11 is 0. The Morgan fingerprint density at radius 1 is 0.311 bits per heavy atom. The van der Waals surface area contributed by atoms with Crippen molar-refractivity contribution in [3.05, 3.63) is 194 Å². The number of para-hydroxylation sites is 2. The average Bonchev–Trinajstić information content (AvgIpc) is 3.99. The number of benzene rings is 8. The number of hydrogen-bond donors (Lipinski definition) is 0. The van der Waals surface area contributed by atoms with Crippen LogP contribution in [0.25, 0.3) is 87.5 Å². The summed E-state index contributed by atoms with van der Waals surface area (Å²) in [6.07, 6.45) is 3.79. The molecule has 0 aliphatic rings. The number of rotatable bonds is 6. The van der Waals surface area contributed by atoms with E-state index < -0.39 is 0 Å². The molecule has 0 radical (unpaired) electrons. The lowest BCUT2D eigenvalue weighted by Gasteiger charge is -2.26. The Morgan fingerprint density at radius 3 is 1.43 bits per heavy atom. The Balaban J connectivity index is 0.981. The summed E-state index contributed by atoms with van der Waals surface area (Å²) in [6.45, 7) is 0. The van der Waals surface area contributed by atoms with Crippen molar-refractivity contribution >= 4 is 122 Å². The minimum atomic E-state index is 0.655. The highest BCUT2D eigenvalue weighted by Crippen LogP contribution is 2.45. The molecule has 13 aromatic rings. The Labute approximate surface area is 347 Å². The molecule has 0 aliphatic carbocycles. The van der Waals surface area contributed by atoms with Gasteiger partial charge in [0.1, 0.15) is 39.2 Å². The summed E-state index contributed by atoms with van der Waals surface area (Å²) in [6, 6.07) is 62.8. The van der Waals surface area contributed by atoms with Gasteiger partial charge in [-0.3, -0.25) is 4.90 Å². The fraction of sp³-hybridized carbons (Fsp3) is 0. The van der Waals surface area contributed by atoms with E-state index in [1.807, 2.05) is 54.9 Å². The zero-order valence-electron chi connectivity index (χ0n) is 32.5. The van der Waals surface area contributed by atoms with Gasteiger partial charge in [0, 0.05) is 68.5 Å². The van der Waals surface area contributed by atoms with Gasteiger partial charge in [0.05, 0.1) is 34.3 Å².